The minimum absolute atomic E-state index is 0.101. The van der Waals surface area contributed by atoms with Gasteiger partial charge in [0.05, 0.1) is 5.69 Å². The van der Waals surface area contributed by atoms with Gasteiger partial charge in [-0.1, -0.05) is 42.5 Å². The lowest BCUT2D eigenvalue weighted by molar-refractivity contribution is -0.118. The number of para-hydroxylation sites is 3. The van der Waals surface area contributed by atoms with Gasteiger partial charge in [0.2, 0.25) is 0 Å². The van der Waals surface area contributed by atoms with Gasteiger partial charge in [0, 0.05) is 0 Å². The van der Waals surface area contributed by atoms with E-state index in [1.807, 2.05) is 24.3 Å². The van der Waals surface area contributed by atoms with Gasteiger partial charge < -0.3 is 14.8 Å². The first-order chi connectivity index (χ1) is 12.7. The van der Waals surface area contributed by atoms with Crippen molar-refractivity contribution >= 4 is 11.6 Å². The van der Waals surface area contributed by atoms with E-state index in [4.69, 9.17) is 9.47 Å². The molecular formula is C21H18FNO3. The second kappa shape index (κ2) is 8.67. The molecule has 0 atom stereocenters. The van der Waals surface area contributed by atoms with Gasteiger partial charge in [-0.3, -0.25) is 4.79 Å². The second-order valence-corrected chi connectivity index (χ2v) is 5.56. The Hall–Kier alpha value is -3.34. The molecule has 0 aliphatic heterocycles. The molecule has 0 aliphatic rings. The summed E-state index contributed by atoms with van der Waals surface area (Å²) in [6, 6.07) is 22.3. The van der Waals surface area contributed by atoms with Crippen molar-refractivity contribution < 1.29 is 18.7 Å². The maximum absolute atomic E-state index is 13.0. The maximum atomic E-state index is 13.0. The number of carbonyl (C=O) groups is 1. The summed E-state index contributed by atoms with van der Waals surface area (Å²) in [6.07, 6.45) is 0. The maximum Gasteiger partial charge on any atom is 0.262 e. The molecule has 3 aromatic rings. The van der Waals surface area contributed by atoms with Crippen LogP contribution in [0.1, 0.15) is 5.56 Å². The van der Waals surface area contributed by atoms with Crippen LogP contribution in [0.15, 0.2) is 78.9 Å². The molecule has 1 amide bonds. The number of benzene rings is 3. The number of anilines is 1. The van der Waals surface area contributed by atoms with Crippen LogP contribution in [0.2, 0.25) is 0 Å². The number of carbonyl (C=O) groups excluding carboxylic acids is 1. The van der Waals surface area contributed by atoms with Gasteiger partial charge >= 0.3 is 0 Å². The van der Waals surface area contributed by atoms with E-state index in [-0.39, 0.29) is 24.9 Å². The first-order valence-corrected chi connectivity index (χ1v) is 8.15. The van der Waals surface area contributed by atoms with Crippen LogP contribution in [0.5, 0.6) is 11.5 Å². The van der Waals surface area contributed by atoms with Gasteiger partial charge in [0.1, 0.15) is 23.9 Å². The van der Waals surface area contributed by atoms with Crippen molar-refractivity contribution in [3.05, 3.63) is 90.2 Å². The standard InChI is InChI=1S/C21H18FNO3/c22-17-12-10-16(11-13-17)14-26-20-9-5-4-8-19(20)23-21(24)15-25-18-6-2-1-3-7-18/h1-13H,14-15H2,(H,23,24). The highest BCUT2D eigenvalue weighted by Gasteiger charge is 2.09. The van der Waals surface area contributed by atoms with Crippen LogP contribution >= 0.6 is 0 Å². The molecule has 0 heterocycles. The molecule has 132 valence electrons. The van der Waals surface area contributed by atoms with Gasteiger partial charge in [0.15, 0.2) is 6.61 Å². The van der Waals surface area contributed by atoms with E-state index in [1.54, 1.807) is 42.5 Å². The molecule has 0 aliphatic carbocycles. The fourth-order valence-corrected chi connectivity index (χ4v) is 2.29. The second-order valence-electron chi connectivity index (χ2n) is 5.56. The van der Waals surface area contributed by atoms with Crippen LogP contribution in [0, 0.1) is 5.82 Å². The number of amides is 1. The third-order valence-electron chi connectivity index (χ3n) is 3.58. The lowest BCUT2D eigenvalue weighted by Gasteiger charge is -2.13. The Balaban J connectivity index is 1.57. The molecule has 26 heavy (non-hydrogen) atoms. The van der Waals surface area contributed by atoms with Crippen LogP contribution in [-0.4, -0.2) is 12.5 Å². The molecule has 0 fully saturated rings. The zero-order valence-corrected chi connectivity index (χ0v) is 14.0. The highest BCUT2D eigenvalue weighted by molar-refractivity contribution is 5.93. The topological polar surface area (TPSA) is 47.6 Å². The van der Waals surface area contributed by atoms with Crippen LogP contribution in [0.4, 0.5) is 10.1 Å². The van der Waals surface area contributed by atoms with E-state index >= 15 is 0 Å². The quantitative estimate of drug-likeness (QED) is 0.685. The Morgan fingerprint density at radius 1 is 0.846 bits per heavy atom. The summed E-state index contributed by atoms with van der Waals surface area (Å²) >= 11 is 0. The van der Waals surface area contributed by atoms with Gasteiger partial charge in [-0.25, -0.2) is 4.39 Å². The predicted octanol–water partition coefficient (Wildman–Crippen LogP) is 4.42. The van der Waals surface area contributed by atoms with Gasteiger partial charge in [-0.15, -0.1) is 0 Å². The smallest absolute Gasteiger partial charge is 0.262 e. The molecule has 3 aromatic carbocycles. The SMILES string of the molecule is O=C(COc1ccccc1)Nc1ccccc1OCc1ccc(F)cc1. The summed E-state index contributed by atoms with van der Waals surface area (Å²) in [6.45, 7) is 0.171. The molecule has 4 nitrogen and oxygen atoms in total. The normalized spacial score (nSPS) is 10.2. The Labute approximate surface area is 151 Å². The summed E-state index contributed by atoms with van der Waals surface area (Å²) in [4.78, 5) is 12.1. The lowest BCUT2D eigenvalue weighted by atomic mass is 10.2. The Bertz CT molecular complexity index is 851. The number of hydrogen-bond acceptors (Lipinski definition) is 3. The summed E-state index contributed by atoms with van der Waals surface area (Å²) in [5, 5.41) is 2.78. The third-order valence-corrected chi connectivity index (χ3v) is 3.58. The Morgan fingerprint density at radius 2 is 1.54 bits per heavy atom. The van der Waals surface area contributed by atoms with Gasteiger partial charge in [-0.05, 0) is 42.0 Å². The third kappa shape index (κ3) is 5.08. The molecular weight excluding hydrogens is 333 g/mol. The zero-order valence-electron chi connectivity index (χ0n) is 14.0. The van der Waals surface area contributed by atoms with E-state index in [9.17, 15) is 9.18 Å². The predicted molar refractivity (Wildman–Crippen MR) is 97.7 cm³/mol. The van der Waals surface area contributed by atoms with Crippen LogP contribution in [-0.2, 0) is 11.4 Å². The van der Waals surface area contributed by atoms with Crippen molar-refractivity contribution in [1.82, 2.24) is 0 Å². The van der Waals surface area contributed by atoms with Crippen molar-refractivity contribution in [3.63, 3.8) is 0 Å². The van der Waals surface area contributed by atoms with Crippen molar-refractivity contribution in [2.24, 2.45) is 0 Å². The lowest BCUT2D eigenvalue weighted by Crippen LogP contribution is -2.20. The highest BCUT2D eigenvalue weighted by atomic mass is 19.1. The summed E-state index contributed by atoms with van der Waals surface area (Å²) in [5.41, 5.74) is 1.39. The van der Waals surface area contributed by atoms with Gasteiger partial charge in [0.25, 0.3) is 5.91 Å². The van der Waals surface area contributed by atoms with E-state index in [0.717, 1.165) is 5.56 Å². The molecule has 5 heteroatoms. The summed E-state index contributed by atoms with van der Waals surface area (Å²) in [5.74, 6) is 0.583. The zero-order chi connectivity index (χ0) is 18.2. The average Bonchev–Trinajstić information content (AvgIpc) is 2.68. The fourth-order valence-electron chi connectivity index (χ4n) is 2.29. The summed E-state index contributed by atoms with van der Waals surface area (Å²) < 4.78 is 24.1. The molecule has 1 N–H and O–H groups in total. The molecule has 0 saturated heterocycles. The number of ether oxygens (including phenoxy) is 2. The Kier molecular flexibility index (Phi) is 5.83. The molecule has 0 saturated carbocycles. The minimum atomic E-state index is -0.292. The van der Waals surface area contributed by atoms with E-state index in [0.29, 0.717) is 17.2 Å². The van der Waals surface area contributed by atoms with E-state index in [2.05, 4.69) is 5.32 Å². The molecule has 0 spiro atoms. The summed E-state index contributed by atoms with van der Waals surface area (Å²) in [7, 11) is 0. The molecule has 0 radical (unpaired) electrons. The van der Waals surface area contributed by atoms with Crippen LogP contribution in [0.3, 0.4) is 0 Å². The molecule has 3 rings (SSSR count). The van der Waals surface area contributed by atoms with Crippen LogP contribution in [0.25, 0.3) is 0 Å². The average molecular weight is 351 g/mol. The van der Waals surface area contributed by atoms with Crippen molar-refractivity contribution in [2.45, 2.75) is 6.61 Å². The Morgan fingerprint density at radius 3 is 2.31 bits per heavy atom. The van der Waals surface area contributed by atoms with E-state index < -0.39 is 0 Å². The monoisotopic (exact) mass is 351 g/mol. The number of rotatable bonds is 7. The van der Waals surface area contributed by atoms with E-state index in [1.165, 1.54) is 12.1 Å². The number of halogens is 1. The van der Waals surface area contributed by atoms with Gasteiger partial charge in [-0.2, -0.15) is 0 Å². The number of hydrogen-bond donors (Lipinski definition) is 1. The minimum Gasteiger partial charge on any atom is -0.487 e. The number of nitrogens with one attached hydrogen (secondary N) is 1. The molecule has 0 unspecified atom stereocenters. The first kappa shape index (κ1) is 17.5. The largest absolute Gasteiger partial charge is 0.487 e. The molecule has 0 aromatic heterocycles. The first-order valence-electron chi connectivity index (χ1n) is 8.15. The fraction of sp³-hybridized carbons (Fsp3) is 0.0952. The molecule has 0 bridgehead atoms. The van der Waals surface area contributed by atoms with Crippen molar-refractivity contribution in [1.29, 1.82) is 0 Å². The van der Waals surface area contributed by atoms with Crippen molar-refractivity contribution in [2.75, 3.05) is 11.9 Å². The van der Waals surface area contributed by atoms with Crippen LogP contribution < -0.4 is 14.8 Å². The highest BCUT2D eigenvalue weighted by Crippen LogP contribution is 2.24. The van der Waals surface area contributed by atoms with Crippen molar-refractivity contribution in [3.8, 4) is 11.5 Å².